The summed E-state index contributed by atoms with van der Waals surface area (Å²) in [5, 5.41) is 4.57. The molecule has 0 aromatic heterocycles. The first-order valence-corrected chi connectivity index (χ1v) is 9.80. The van der Waals surface area contributed by atoms with Gasteiger partial charge in [0.25, 0.3) is 10.0 Å². The standard InChI is InChI=1S/C19H15ClN2O3S/c1-12-8-9-15(14(20)10-12)21-18(23)11-22-16-6-2-4-13-5-3-7-17(19(13)16)26(22,24)25/h2-10H,11H2,1H3,(H,21,23). The van der Waals surface area contributed by atoms with Crippen LogP contribution in [0.15, 0.2) is 59.5 Å². The number of carbonyl (C=O) groups excluding carboxylic acids is 1. The Morgan fingerprint density at radius 3 is 2.58 bits per heavy atom. The topological polar surface area (TPSA) is 66.5 Å². The fourth-order valence-corrected chi connectivity index (χ4v) is 5.12. The summed E-state index contributed by atoms with van der Waals surface area (Å²) in [5.74, 6) is -0.455. The van der Waals surface area contributed by atoms with E-state index in [0.29, 0.717) is 21.8 Å². The first kappa shape index (κ1) is 16.9. The number of benzene rings is 3. The van der Waals surface area contributed by atoms with Crippen LogP contribution < -0.4 is 9.62 Å². The summed E-state index contributed by atoms with van der Waals surface area (Å²) in [6, 6.07) is 15.7. The van der Waals surface area contributed by atoms with E-state index >= 15 is 0 Å². The Bertz CT molecular complexity index is 1150. The maximum absolute atomic E-state index is 12.9. The van der Waals surface area contributed by atoms with Gasteiger partial charge in [0.2, 0.25) is 5.91 Å². The largest absolute Gasteiger partial charge is 0.323 e. The minimum Gasteiger partial charge on any atom is -0.323 e. The van der Waals surface area contributed by atoms with Crippen LogP contribution in [0.2, 0.25) is 5.02 Å². The van der Waals surface area contributed by atoms with E-state index in [1.54, 1.807) is 36.4 Å². The van der Waals surface area contributed by atoms with E-state index in [9.17, 15) is 13.2 Å². The van der Waals surface area contributed by atoms with Crippen LogP contribution in [0.3, 0.4) is 0 Å². The van der Waals surface area contributed by atoms with Crippen molar-refractivity contribution in [2.24, 2.45) is 0 Å². The second-order valence-electron chi connectivity index (χ2n) is 6.17. The van der Waals surface area contributed by atoms with Gasteiger partial charge in [0.1, 0.15) is 6.54 Å². The number of nitrogens with zero attached hydrogens (tertiary/aromatic N) is 1. The maximum Gasteiger partial charge on any atom is 0.265 e. The van der Waals surface area contributed by atoms with Gasteiger partial charge in [-0.05, 0) is 42.1 Å². The number of halogens is 1. The molecule has 0 fully saturated rings. The van der Waals surface area contributed by atoms with Crippen LogP contribution >= 0.6 is 11.6 Å². The lowest BCUT2D eigenvalue weighted by molar-refractivity contribution is -0.114. The highest BCUT2D eigenvalue weighted by Crippen LogP contribution is 2.41. The third-order valence-corrected chi connectivity index (χ3v) is 6.48. The van der Waals surface area contributed by atoms with E-state index in [1.807, 2.05) is 25.1 Å². The summed E-state index contributed by atoms with van der Waals surface area (Å²) in [5.41, 5.74) is 1.94. The highest BCUT2D eigenvalue weighted by molar-refractivity contribution is 7.93. The van der Waals surface area contributed by atoms with Crippen molar-refractivity contribution in [2.75, 3.05) is 16.2 Å². The zero-order valence-electron chi connectivity index (χ0n) is 13.9. The second-order valence-corrected chi connectivity index (χ2v) is 8.41. The van der Waals surface area contributed by atoms with Gasteiger partial charge in [-0.3, -0.25) is 9.10 Å². The van der Waals surface area contributed by atoms with Gasteiger partial charge < -0.3 is 5.32 Å². The quantitative estimate of drug-likeness (QED) is 0.741. The van der Waals surface area contributed by atoms with Gasteiger partial charge in [-0.15, -0.1) is 0 Å². The Hall–Kier alpha value is -2.57. The summed E-state index contributed by atoms with van der Waals surface area (Å²) >= 11 is 6.14. The normalized spacial score (nSPS) is 14.6. The summed E-state index contributed by atoms with van der Waals surface area (Å²) in [7, 11) is -3.76. The van der Waals surface area contributed by atoms with Gasteiger partial charge in [0, 0.05) is 5.39 Å². The van der Waals surface area contributed by atoms with Gasteiger partial charge in [0.15, 0.2) is 0 Å². The van der Waals surface area contributed by atoms with Crippen LogP contribution in [0, 0.1) is 6.92 Å². The minimum absolute atomic E-state index is 0.228. The van der Waals surface area contributed by atoms with E-state index < -0.39 is 15.9 Å². The number of sulfonamides is 1. The van der Waals surface area contributed by atoms with Crippen LogP contribution in [0.1, 0.15) is 5.56 Å². The van der Waals surface area contributed by atoms with Gasteiger partial charge in [-0.1, -0.05) is 41.9 Å². The van der Waals surface area contributed by atoms with Crippen molar-refractivity contribution < 1.29 is 13.2 Å². The van der Waals surface area contributed by atoms with E-state index in [0.717, 1.165) is 15.3 Å². The van der Waals surface area contributed by atoms with Crippen molar-refractivity contribution in [1.82, 2.24) is 0 Å². The van der Waals surface area contributed by atoms with Gasteiger partial charge in [-0.25, -0.2) is 8.42 Å². The van der Waals surface area contributed by atoms with E-state index in [-0.39, 0.29) is 11.4 Å². The van der Waals surface area contributed by atoms with Crippen LogP contribution in [0.4, 0.5) is 11.4 Å². The predicted molar refractivity (Wildman–Crippen MR) is 103 cm³/mol. The van der Waals surface area contributed by atoms with Crippen molar-refractivity contribution in [3.63, 3.8) is 0 Å². The fraction of sp³-hybridized carbons (Fsp3) is 0.105. The first-order valence-electron chi connectivity index (χ1n) is 7.98. The molecule has 7 heteroatoms. The lowest BCUT2D eigenvalue weighted by Gasteiger charge is -2.18. The van der Waals surface area contributed by atoms with Gasteiger partial charge >= 0.3 is 0 Å². The fourth-order valence-electron chi connectivity index (χ4n) is 3.17. The number of nitrogens with one attached hydrogen (secondary N) is 1. The number of anilines is 2. The zero-order chi connectivity index (χ0) is 18.5. The molecule has 0 saturated heterocycles. The molecule has 0 radical (unpaired) electrons. The summed E-state index contributed by atoms with van der Waals surface area (Å²) in [6.07, 6.45) is 0. The molecule has 0 aliphatic carbocycles. The van der Waals surface area contributed by atoms with Crippen molar-refractivity contribution in [3.8, 4) is 0 Å². The molecule has 3 aromatic carbocycles. The molecule has 4 rings (SSSR count). The van der Waals surface area contributed by atoms with E-state index in [1.165, 1.54) is 0 Å². The van der Waals surface area contributed by atoms with Crippen molar-refractivity contribution in [2.45, 2.75) is 11.8 Å². The molecule has 1 aliphatic heterocycles. The molecular formula is C19H15ClN2O3S. The van der Waals surface area contributed by atoms with Crippen LogP contribution in [0.25, 0.3) is 10.8 Å². The molecule has 5 nitrogen and oxygen atoms in total. The number of hydrogen-bond acceptors (Lipinski definition) is 3. The molecule has 132 valence electrons. The molecule has 0 spiro atoms. The van der Waals surface area contributed by atoms with Crippen molar-refractivity contribution >= 4 is 49.7 Å². The van der Waals surface area contributed by atoms with Gasteiger partial charge in [0.05, 0.1) is 21.3 Å². The van der Waals surface area contributed by atoms with Crippen molar-refractivity contribution in [1.29, 1.82) is 0 Å². The molecule has 0 bridgehead atoms. The summed E-state index contributed by atoms with van der Waals surface area (Å²) < 4.78 is 26.9. The van der Waals surface area contributed by atoms with Gasteiger partial charge in [-0.2, -0.15) is 0 Å². The molecule has 1 heterocycles. The molecule has 3 aromatic rings. The molecule has 1 N–H and O–H groups in total. The Kier molecular flexibility index (Phi) is 3.89. The SMILES string of the molecule is Cc1ccc(NC(=O)CN2c3cccc4cccc(c34)S2(=O)=O)c(Cl)c1. The van der Waals surface area contributed by atoms with E-state index in [2.05, 4.69) is 5.32 Å². The first-order chi connectivity index (χ1) is 12.4. The molecule has 0 saturated carbocycles. The molecule has 0 atom stereocenters. The Morgan fingerprint density at radius 2 is 1.85 bits per heavy atom. The number of aryl methyl sites for hydroxylation is 1. The monoisotopic (exact) mass is 386 g/mol. The number of hydrogen-bond donors (Lipinski definition) is 1. The summed E-state index contributed by atoms with van der Waals surface area (Å²) in [6.45, 7) is 1.58. The second kappa shape index (κ2) is 6.00. The molecule has 1 aliphatic rings. The minimum atomic E-state index is -3.76. The average molecular weight is 387 g/mol. The number of rotatable bonds is 3. The molecule has 0 unspecified atom stereocenters. The number of carbonyl (C=O) groups is 1. The highest BCUT2D eigenvalue weighted by atomic mass is 35.5. The molecular weight excluding hydrogens is 372 g/mol. The lowest BCUT2D eigenvalue weighted by Crippen LogP contribution is -2.35. The number of amides is 1. The maximum atomic E-state index is 12.9. The molecule has 26 heavy (non-hydrogen) atoms. The third kappa shape index (κ3) is 2.62. The van der Waals surface area contributed by atoms with Crippen molar-refractivity contribution in [3.05, 3.63) is 65.2 Å². The van der Waals surface area contributed by atoms with Crippen LogP contribution in [-0.4, -0.2) is 20.9 Å². The Labute approximate surface area is 156 Å². The lowest BCUT2D eigenvalue weighted by atomic mass is 10.1. The highest BCUT2D eigenvalue weighted by Gasteiger charge is 2.36. The zero-order valence-corrected chi connectivity index (χ0v) is 15.4. The molecule has 1 amide bonds. The predicted octanol–water partition coefficient (Wildman–Crippen LogP) is 3.95. The smallest absolute Gasteiger partial charge is 0.265 e. The third-order valence-electron chi connectivity index (χ3n) is 4.37. The Morgan fingerprint density at radius 1 is 1.12 bits per heavy atom. The van der Waals surface area contributed by atoms with Crippen LogP contribution in [0.5, 0.6) is 0 Å². The summed E-state index contributed by atoms with van der Waals surface area (Å²) in [4.78, 5) is 12.7. The average Bonchev–Trinajstić information content (AvgIpc) is 2.81. The van der Waals surface area contributed by atoms with Crippen LogP contribution in [-0.2, 0) is 14.8 Å². The Balaban J connectivity index is 1.67. The van der Waals surface area contributed by atoms with E-state index in [4.69, 9.17) is 11.6 Å².